The van der Waals surface area contributed by atoms with Crippen molar-refractivity contribution in [2.45, 2.75) is 18.3 Å². The number of nitrogens with one attached hydrogen (secondary N) is 1. The van der Waals surface area contributed by atoms with Crippen LogP contribution in [-0.4, -0.2) is 43.9 Å². The minimum Gasteiger partial charge on any atom is -0.481 e. The normalized spacial score (nSPS) is 19.6. The Morgan fingerprint density at radius 2 is 1.80 bits per heavy atom. The first-order valence-electron chi connectivity index (χ1n) is 6.40. The first-order valence-corrected chi connectivity index (χ1v) is 7.84. The van der Waals surface area contributed by atoms with E-state index < -0.39 is 21.6 Å². The monoisotopic (exact) mass is 298 g/mol. The Morgan fingerprint density at radius 3 is 2.25 bits per heavy atom. The maximum absolute atomic E-state index is 11.7. The molecule has 0 aromatic heterocycles. The molecule has 0 aliphatic carbocycles. The molecule has 6 nitrogen and oxygen atoms in total. The van der Waals surface area contributed by atoms with Crippen molar-refractivity contribution < 1.29 is 18.3 Å². The van der Waals surface area contributed by atoms with Gasteiger partial charge in [0, 0.05) is 20.1 Å². The molecule has 0 bridgehead atoms. The second-order valence-corrected chi connectivity index (χ2v) is 6.74. The van der Waals surface area contributed by atoms with Gasteiger partial charge in [0.2, 0.25) is 0 Å². The molecule has 0 spiro atoms. The Hall–Kier alpha value is -1.44. The number of benzene rings is 1. The van der Waals surface area contributed by atoms with Gasteiger partial charge in [-0.2, -0.15) is 12.7 Å². The summed E-state index contributed by atoms with van der Waals surface area (Å²) >= 11 is 0. The Kier molecular flexibility index (Phi) is 4.12. The van der Waals surface area contributed by atoms with Gasteiger partial charge in [-0.3, -0.25) is 4.79 Å². The number of rotatable bonds is 4. The first kappa shape index (κ1) is 15.0. The van der Waals surface area contributed by atoms with E-state index in [9.17, 15) is 18.3 Å². The second kappa shape index (κ2) is 5.51. The molecule has 0 unspecified atom stereocenters. The Morgan fingerprint density at radius 1 is 1.25 bits per heavy atom. The molecule has 1 saturated heterocycles. The van der Waals surface area contributed by atoms with E-state index >= 15 is 0 Å². The van der Waals surface area contributed by atoms with Crippen molar-refractivity contribution in [1.29, 1.82) is 0 Å². The highest BCUT2D eigenvalue weighted by atomic mass is 32.2. The van der Waals surface area contributed by atoms with Crippen LogP contribution in [-0.2, 0) is 20.4 Å². The van der Waals surface area contributed by atoms with E-state index in [1.165, 1.54) is 11.4 Å². The lowest BCUT2D eigenvalue weighted by Gasteiger charge is -2.38. The molecule has 2 N–H and O–H groups in total. The van der Waals surface area contributed by atoms with Crippen molar-refractivity contribution >= 4 is 16.2 Å². The van der Waals surface area contributed by atoms with Gasteiger partial charge in [-0.1, -0.05) is 30.3 Å². The fraction of sp³-hybridized carbons (Fsp3) is 0.462. The molecule has 1 aromatic carbocycles. The van der Waals surface area contributed by atoms with E-state index in [4.69, 9.17) is 0 Å². The van der Waals surface area contributed by atoms with Gasteiger partial charge in [0.1, 0.15) is 0 Å². The highest BCUT2D eigenvalue weighted by Crippen LogP contribution is 2.36. The number of piperidine rings is 1. The minimum atomic E-state index is -3.49. The largest absolute Gasteiger partial charge is 0.481 e. The van der Waals surface area contributed by atoms with Crippen LogP contribution in [0.25, 0.3) is 0 Å². The smallest absolute Gasteiger partial charge is 0.314 e. The molecule has 0 radical (unpaired) electrons. The van der Waals surface area contributed by atoms with E-state index in [1.54, 1.807) is 24.3 Å². The summed E-state index contributed by atoms with van der Waals surface area (Å²) in [5, 5.41) is 9.60. The number of nitrogens with zero attached hydrogens (tertiary/aromatic N) is 1. The summed E-state index contributed by atoms with van der Waals surface area (Å²) in [6.45, 7) is 0.398. The minimum absolute atomic E-state index is 0.199. The SMILES string of the molecule is CNS(=O)(=O)N1CCC(C(=O)O)(c2ccccc2)CC1. The molecule has 20 heavy (non-hydrogen) atoms. The van der Waals surface area contributed by atoms with Crippen LogP contribution in [0.3, 0.4) is 0 Å². The van der Waals surface area contributed by atoms with Crippen LogP contribution in [0.15, 0.2) is 30.3 Å². The number of aliphatic carboxylic acids is 1. The van der Waals surface area contributed by atoms with Crippen LogP contribution in [0.1, 0.15) is 18.4 Å². The molecule has 1 aromatic rings. The Bertz CT molecular complexity index is 578. The van der Waals surface area contributed by atoms with E-state index in [2.05, 4.69) is 4.72 Å². The lowest BCUT2D eigenvalue weighted by atomic mass is 9.73. The number of carboxylic acids is 1. The molecule has 0 saturated carbocycles. The average molecular weight is 298 g/mol. The fourth-order valence-electron chi connectivity index (χ4n) is 2.62. The average Bonchev–Trinajstić information content (AvgIpc) is 2.48. The van der Waals surface area contributed by atoms with Crippen LogP contribution in [0.5, 0.6) is 0 Å². The standard InChI is InChI=1S/C13H18N2O4S/c1-14-20(18,19)15-9-7-13(8-10-15,12(16)17)11-5-3-2-4-6-11/h2-6,14H,7-10H2,1H3,(H,16,17). The van der Waals surface area contributed by atoms with E-state index in [0.717, 1.165) is 5.56 Å². The molecule has 0 atom stereocenters. The lowest BCUT2D eigenvalue weighted by molar-refractivity contribution is -0.145. The van der Waals surface area contributed by atoms with Crippen LogP contribution < -0.4 is 4.72 Å². The molecular weight excluding hydrogens is 280 g/mol. The van der Waals surface area contributed by atoms with Gasteiger partial charge >= 0.3 is 5.97 Å². The third kappa shape index (κ3) is 2.56. The number of carbonyl (C=O) groups is 1. The summed E-state index contributed by atoms with van der Waals surface area (Å²) in [5.41, 5.74) is -0.268. The van der Waals surface area contributed by atoms with Gasteiger partial charge in [-0.15, -0.1) is 0 Å². The van der Waals surface area contributed by atoms with Gasteiger partial charge in [0.05, 0.1) is 5.41 Å². The molecular formula is C13H18N2O4S. The van der Waals surface area contributed by atoms with E-state index in [-0.39, 0.29) is 25.9 Å². The zero-order valence-corrected chi connectivity index (χ0v) is 12.1. The van der Waals surface area contributed by atoms with Gasteiger partial charge in [-0.05, 0) is 18.4 Å². The summed E-state index contributed by atoms with van der Waals surface area (Å²) in [5.74, 6) is -0.898. The number of carboxylic acid groups (broad SMARTS) is 1. The summed E-state index contributed by atoms with van der Waals surface area (Å²) in [6.07, 6.45) is 0.542. The van der Waals surface area contributed by atoms with Crippen molar-refractivity contribution in [3.8, 4) is 0 Å². The molecule has 0 amide bonds. The molecule has 1 aliphatic rings. The summed E-state index contributed by atoms with van der Waals surface area (Å²) in [7, 11) is -2.14. The van der Waals surface area contributed by atoms with Crippen molar-refractivity contribution in [1.82, 2.24) is 9.03 Å². The zero-order chi connectivity index (χ0) is 14.8. The summed E-state index contributed by atoms with van der Waals surface area (Å²) in [4.78, 5) is 11.7. The van der Waals surface area contributed by atoms with Gasteiger partial charge in [0.25, 0.3) is 10.2 Å². The molecule has 1 heterocycles. The van der Waals surface area contributed by atoms with Gasteiger partial charge in [0.15, 0.2) is 0 Å². The third-order valence-electron chi connectivity index (χ3n) is 3.91. The lowest BCUT2D eigenvalue weighted by Crippen LogP contribution is -2.51. The van der Waals surface area contributed by atoms with Crippen molar-refractivity contribution in [3.63, 3.8) is 0 Å². The van der Waals surface area contributed by atoms with E-state index in [1.807, 2.05) is 6.07 Å². The summed E-state index contributed by atoms with van der Waals surface area (Å²) < 4.78 is 27.0. The Labute approximate surface area is 118 Å². The van der Waals surface area contributed by atoms with Crippen molar-refractivity contribution in [2.75, 3.05) is 20.1 Å². The topological polar surface area (TPSA) is 86.7 Å². The second-order valence-electron chi connectivity index (χ2n) is 4.86. The molecule has 7 heteroatoms. The first-order chi connectivity index (χ1) is 9.42. The number of hydrogen-bond donors (Lipinski definition) is 2. The van der Waals surface area contributed by atoms with Crippen LogP contribution in [0, 0.1) is 0 Å². The maximum atomic E-state index is 11.7. The predicted octanol–water partition coefficient (Wildman–Crippen LogP) is 0.569. The van der Waals surface area contributed by atoms with Gasteiger partial charge in [-0.25, -0.2) is 4.72 Å². The highest BCUT2D eigenvalue weighted by Gasteiger charge is 2.44. The molecule has 2 rings (SSSR count). The van der Waals surface area contributed by atoms with Crippen molar-refractivity contribution in [3.05, 3.63) is 35.9 Å². The van der Waals surface area contributed by atoms with Crippen molar-refractivity contribution in [2.24, 2.45) is 0 Å². The highest BCUT2D eigenvalue weighted by molar-refractivity contribution is 7.87. The van der Waals surface area contributed by atoms with Crippen LogP contribution in [0.4, 0.5) is 0 Å². The number of hydrogen-bond acceptors (Lipinski definition) is 3. The van der Waals surface area contributed by atoms with Crippen LogP contribution in [0.2, 0.25) is 0 Å². The van der Waals surface area contributed by atoms with Crippen LogP contribution >= 0.6 is 0 Å². The summed E-state index contributed by atoms with van der Waals surface area (Å²) in [6, 6.07) is 9.01. The molecule has 1 fully saturated rings. The Balaban J connectivity index is 2.26. The quantitative estimate of drug-likeness (QED) is 0.851. The van der Waals surface area contributed by atoms with Gasteiger partial charge < -0.3 is 5.11 Å². The van der Waals surface area contributed by atoms with E-state index in [0.29, 0.717) is 0 Å². The molecule has 110 valence electrons. The third-order valence-corrected chi connectivity index (χ3v) is 5.47. The molecule has 1 aliphatic heterocycles. The predicted molar refractivity (Wildman–Crippen MR) is 74.5 cm³/mol. The maximum Gasteiger partial charge on any atom is 0.314 e. The zero-order valence-electron chi connectivity index (χ0n) is 11.2. The fourth-order valence-corrected chi connectivity index (χ4v) is 3.54.